The normalized spacial score (nSPS) is 11.9. The zero-order valence-corrected chi connectivity index (χ0v) is 19.0. The number of fused-ring (bicyclic) bond motifs is 13. The Kier molecular flexibility index (Phi) is 4.62. The molecule has 2 aliphatic heterocycles. The summed E-state index contributed by atoms with van der Waals surface area (Å²) in [5.74, 6) is 0. The number of rotatable bonds is 0. The molecule has 3 aromatic heterocycles. The van der Waals surface area contributed by atoms with Crippen molar-refractivity contribution in [1.82, 2.24) is 19.9 Å². The third-order valence-corrected chi connectivity index (χ3v) is 6.04. The Morgan fingerprint density at radius 3 is 1.85 bits per heavy atom. The van der Waals surface area contributed by atoms with Crippen molar-refractivity contribution < 1.29 is 20.4 Å². The Bertz CT molecular complexity index is 1740. The molecule has 0 unspecified atom stereocenters. The second-order valence-electron chi connectivity index (χ2n) is 8.20. The van der Waals surface area contributed by atoms with Gasteiger partial charge in [-0.15, -0.1) is 0 Å². The second kappa shape index (κ2) is 7.67. The second-order valence-corrected chi connectivity index (χ2v) is 8.20. The van der Waals surface area contributed by atoms with Crippen molar-refractivity contribution >= 4 is 45.0 Å². The largest absolute Gasteiger partial charge is 0.355 e. The summed E-state index contributed by atoms with van der Waals surface area (Å²) >= 11 is 0. The number of aromatic amines is 2. The Hall–Kier alpha value is -3.78. The van der Waals surface area contributed by atoms with E-state index >= 15 is 0 Å². The van der Waals surface area contributed by atoms with E-state index in [4.69, 9.17) is 9.97 Å². The first-order chi connectivity index (χ1) is 15.8. The predicted octanol–water partition coefficient (Wildman–Crippen LogP) is 6.97. The summed E-state index contributed by atoms with van der Waals surface area (Å²) < 4.78 is 0. The van der Waals surface area contributed by atoms with Gasteiger partial charge in [0.2, 0.25) is 0 Å². The maximum Gasteiger partial charge on any atom is 0.0743 e. The van der Waals surface area contributed by atoms with E-state index < -0.39 is 0 Å². The van der Waals surface area contributed by atoms with Gasteiger partial charge in [-0.25, -0.2) is 9.97 Å². The van der Waals surface area contributed by atoms with E-state index in [1.807, 2.05) is 12.2 Å². The van der Waals surface area contributed by atoms with Crippen LogP contribution in [-0.4, -0.2) is 19.9 Å². The molecule has 8 bridgehead atoms. The van der Waals surface area contributed by atoms with Gasteiger partial charge in [0.05, 0.1) is 22.8 Å². The van der Waals surface area contributed by atoms with Gasteiger partial charge in [0.1, 0.15) is 0 Å². The van der Waals surface area contributed by atoms with Crippen LogP contribution >= 0.6 is 0 Å². The van der Waals surface area contributed by atoms with Crippen LogP contribution in [0.15, 0.2) is 84.9 Å². The molecule has 0 amide bonds. The van der Waals surface area contributed by atoms with Crippen molar-refractivity contribution in [2.45, 2.75) is 0 Å². The summed E-state index contributed by atoms with van der Waals surface area (Å²) in [5.41, 5.74) is 10.2. The fourth-order valence-electron chi connectivity index (χ4n) is 4.59. The summed E-state index contributed by atoms with van der Waals surface area (Å²) in [6.45, 7) is 0. The minimum Gasteiger partial charge on any atom is -0.355 e. The van der Waals surface area contributed by atoms with Crippen LogP contribution < -0.4 is 0 Å². The molecule has 5 heterocycles. The van der Waals surface area contributed by atoms with Gasteiger partial charge in [-0.3, -0.25) is 0 Å². The molecule has 160 valence electrons. The van der Waals surface area contributed by atoms with Crippen molar-refractivity contribution in [1.29, 1.82) is 0 Å². The summed E-state index contributed by atoms with van der Waals surface area (Å²) in [5, 5.41) is 2.43. The van der Waals surface area contributed by atoms with Crippen LogP contribution in [0.25, 0.3) is 67.5 Å². The maximum atomic E-state index is 5.06. The average Bonchev–Trinajstić information content (AvgIpc) is 3.59. The van der Waals surface area contributed by atoms with Gasteiger partial charge in [-0.2, -0.15) is 0 Å². The van der Waals surface area contributed by atoms with Gasteiger partial charge < -0.3 is 9.97 Å². The third-order valence-electron chi connectivity index (χ3n) is 6.04. The Balaban J connectivity index is 0.00000206. The molecule has 0 saturated carbocycles. The molecule has 7 rings (SSSR count). The zero-order valence-electron chi connectivity index (χ0n) is 17.4. The Morgan fingerprint density at radius 1 is 0.545 bits per heavy atom. The van der Waals surface area contributed by atoms with E-state index in [2.05, 4.69) is 94.9 Å². The van der Waals surface area contributed by atoms with Crippen molar-refractivity contribution in [2.75, 3.05) is 0 Å². The van der Waals surface area contributed by atoms with E-state index in [1.54, 1.807) is 0 Å². The molecule has 0 saturated heterocycles. The van der Waals surface area contributed by atoms with E-state index in [-0.39, 0.29) is 20.4 Å². The van der Waals surface area contributed by atoms with Gasteiger partial charge in [0.25, 0.3) is 0 Å². The number of aromatic nitrogens is 4. The molecule has 2 aliphatic rings. The third kappa shape index (κ3) is 3.43. The minimum atomic E-state index is 0. The summed E-state index contributed by atoms with van der Waals surface area (Å²) in [7, 11) is 0. The van der Waals surface area contributed by atoms with E-state index in [0.717, 1.165) is 50.4 Å². The molecule has 5 heteroatoms. The van der Waals surface area contributed by atoms with Crippen molar-refractivity contribution in [2.24, 2.45) is 0 Å². The monoisotopic (exact) mass is 516 g/mol. The minimum absolute atomic E-state index is 0. The number of H-pyrrole nitrogens is 2. The van der Waals surface area contributed by atoms with Crippen molar-refractivity contribution in [3.63, 3.8) is 0 Å². The Morgan fingerprint density at radius 2 is 1.15 bits per heavy atom. The molecular formula is C28H18N4Pd. The smallest absolute Gasteiger partial charge is 0.0743 e. The molecule has 0 aliphatic carbocycles. The summed E-state index contributed by atoms with van der Waals surface area (Å²) in [6, 6.07) is 29.6. The van der Waals surface area contributed by atoms with Crippen molar-refractivity contribution in [3.05, 3.63) is 96.3 Å². The van der Waals surface area contributed by atoms with Crippen molar-refractivity contribution in [3.8, 4) is 22.5 Å². The van der Waals surface area contributed by atoms with E-state index in [0.29, 0.717) is 0 Å². The molecular weight excluding hydrogens is 499 g/mol. The van der Waals surface area contributed by atoms with Gasteiger partial charge in [0.15, 0.2) is 0 Å². The van der Waals surface area contributed by atoms with Gasteiger partial charge >= 0.3 is 0 Å². The number of hydrogen-bond acceptors (Lipinski definition) is 2. The van der Waals surface area contributed by atoms with Gasteiger partial charge in [0, 0.05) is 53.6 Å². The van der Waals surface area contributed by atoms with Crippen LogP contribution in [0.3, 0.4) is 0 Å². The Labute approximate surface area is 203 Å². The molecule has 33 heavy (non-hydrogen) atoms. The van der Waals surface area contributed by atoms with Crippen LogP contribution in [0.1, 0.15) is 11.4 Å². The molecule has 0 radical (unpaired) electrons. The zero-order chi connectivity index (χ0) is 21.1. The molecule has 0 spiro atoms. The first-order valence-corrected chi connectivity index (χ1v) is 10.7. The van der Waals surface area contributed by atoms with Crippen LogP contribution in [0.4, 0.5) is 0 Å². The molecule has 5 aromatic rings. The number of nitrogens with zero attached hydrogens (tertiary/aromatic N) is 2. The van der Waals surface area contributed by atoms with Crippen LogP contribution in [0.5, 0.6) is 0 Å². The molecule has 2 aromatic carbocycles. The van der Waals surface area contributed by atoms with Gasteiger partial charge in [-0.1, -0.05) is 36.4 Å². The summed E-state index contributed by atoms with van der Waals surface area (Å²) in [6.07, 6.45) is 4.07. The van der Waals surface area contributed by atoms with Crippen LogP contribution in [0.2, 0.25) is 0 Å². The SMILES string of the molecule is C1=Cc2cc3ccc(cc4nc(cc5ccc(cc1n2)[nH]5)-c1ccc2ccccc2c1-4)[nH]3.[Pd]. The fourth-order valence-corrected chi connectivity index (χ4v) is 4.59. The first kappa shape index (κ1) is 19.9. The number of hydrogen-bond donors (Lipinski definition) is 2. The maximum absolute atomic E-state index is 5.06. The van der Waals surface area contributed by atoms with E-state index in [1.165, 1.54) is 16.3 Å². The average molecular weight is 517 g/mol. The molecule has 0 fully saturated rings. The van der Waals surface area contributed by atoms with Gasteiger partial charge in [-0.05, 0) is 71.5 Å². The topological polar surface area (TPSA) is 57.4 Å². The molecule has 4 nitrogen and oxygen atoms in total. The van der Waals surface area contributed by atoms with Crippen LogP contribution in [0, 0.1) is 0 Å². The van der Waals surface area contributed by atoms with E-state index in [9.17, 15) is 0 Å². The molecule has 2 N–H and O–H groups in total. The number of benzene rings is 2. The molecule has 0 atom stereocenters. The first-order valence-electron chi connectivity index (χ1n) is 10.7. The number of nitrogens with one attached hydrogen (secondary N) is 2. The standard InChI is InChI=1S/C28H18N4.Pd/c1-2-4-24-17(3-1)5-12-25-26-15-22-10-8-20(30-22)13-18-6-7-19(29-18)14-21-9-11-23(31-21)16-27(32-26)28(24)25;/h1-16,30-31H;. The van der Waals surface area contributed by atoms with Crippen LogP contribution in [-0.2, 0) is 20.4 Å². The summed E-state index contributed by atoms with van der Waals surface area (Å²) in [4.78, 5) is 16.7. The predicted molar refractivity (Wildman–Crippen MR) is 132 cm³/mol. The fraction of sp³-hybridized carbons (Fsp3) is 0. The quantitative estimate of drug-likeness (QED) is 0.214.